The zero-order chi connectivity index (χ0) is 27.2. The molecule has 8 rings (SSSR count). The van der Waals surface area contributed by atoms with Crippen molar-refractivity contribution in [3.63, 3.8) is 0 Å². The summed E-state index contributed by atoms with van der Waals surface area (Å²) in [6.07, 6.45) is 0. The minimum atomic E-state index is 1.13. The van der Waals surface area contributed by atoms with Gasteiger partial charge in [0.05, 0.1) is 0 Å². The lowest BCUT2D eigenvalue weighted by Crippen LogP contribution is -2.09. The summed E-state index contributed by atoms with van der Waals surface area (Å²) in [6, 6.07) is 59.3. The lowest BCUT2D eigenvalue weighted by atomic mass is 9.96. The topological polar surface area (TPSA) is 3.24 Å². The molecule has 0 unspecified atom stereocenters. The second-order valence-electron chi connectivity index (χ2n) is 10.6. The Balaban J connectivity index is 1.29. The molecule has 41 heavy (non-hydrogen) atoms. The molecule has 0 aliphatic rings. The number of rotatable bonds is 4. The van der Waals surface area contributed by atoms with Gasteiger partial charge in [-0.05, 0) is 90.6 Å². The molecule has 0 saturated heterocycles. The van der Waals surface area contributed by atoms with Crippen molar-refractivity contribution in [3.05, 3.63) is 164 Å². The van der Waals surface area contributed by atoms with E-state index in [2.05, 4.69) is 169 Å². The predicted molar refractivity (Wildman–Crippen MR) is 177 cm³/mol. The molecule has 0 aliphatic carbocycles. The zero-order valence-electron chi connectivity index (χ0n) is 22.5. The first-order chi connectivity index (χ1) is 20.3. The summed E-state index contributed by atoms with van der Waals surface area (Å²) in [5.41, 5.74) is 5.88. The van der Waals surface area contributed by atoms with Gasteiger partial charge in [-0.25, -0.2) is 0 Å². The van der Waals surface area contributed by atoms with Crippen molar-refractivity contribution < 1.29 is 0 Å². The number of para-hydroxylation sites is 1. The quantitative estimate of drug-likeness (QED) is 0.208. The highest BCUT2D eigenvalue weighted by atomic mass is 15.1. The SMILES string of the molecule is c1ccc(N(c2ccc(-c3cccc4ccccc34)cc2)c2ccc3ccc4c5ccccc5ccc4c3c2)cc1. The molecule has 8 aromatic carbocycles. The van der Waals surface area contributed by atoms with Crippen molar-refractivity contribution in [3.8, 4) is 11.1 Å². The van der Waals surface area contributed by atoms with Gasteiger partial charge in [-0.3, -0.25) is 0 Å². The third kappa shape index (κ3) is 4.02. The number of hydrogen-bond acceptors (Lipinski definition) is 1. The minimum absolute atomic E-state index is 1.13. The van der Waals surface area contributed by atoms with Gasteiger partial charge in [-0.1, -0.05) is 127 Å². The number of anilines is 3. The second-order valence-corrected chi connectivity index (χ2v) is 10.6. The van der Waals surface area contributed by atoms with Gasteiger partial charge in [0.15, 0.2) is 0 Å². The molecule has 0 radical (unpaired) electrons. The van der Waals surface area contributed by atoms with E-state index >= 15 is 0 Å². The van der Waals surface area contributed by atoms with Gasteiger partial charge in [-0.15, -0.1) is 0 Å². The Hall–Kier alpha value is -5.40. The number of nitrogens with zero attached hydrogens (tertiary/aromatic N) is 1. The average molecular weight is 522 g/mol. The molecule has 0 bridgehead atoms. The largest absolute Gasteiger partial charge is 0.310 e. The molecule has 0 N–H and O–H groups in total. The van der Waals surface area contributed by atoms with Crippen molar-refractivity contribution in [1.29, 1.82) is 0 Å². The standard InChI is InChI=1S/C40H27N/c1-2-12-32(13-3-1)41(33-22-17-30(18-23-33)36-16-8-11-28-9-4-6-14-35(28)36)34-24-19-31-21-25-38-37-15-7-5-10-29(37)20-26-39(38)40(31)27-34/h1-27H. The van der Waals surface area contributed by atoms with Crippen LogP contribution in [-0.2, 0) is 0 Å². The van der Waals surface area contributed by atoms with Crippen molar-refractivity contribution in [2.75, 3.05) is 4.90 Å². The van der Waals surface area contributed by atoms with Crippen LogP contribution in [0.4, 0.5) is 17.1 Å². The highest BCUT2D eigenvalue weighted by Gasteiger charge is 2.15. The third-order valence-electron chi connectivity index (χ3n) is 8.23. The van der Waals surface area contributed by atoms with Gasteiger partial charge in [0, 0.05) is 17.1 Å². The van der Waals surface area contributed by atoms with Gasteiger partial charge < -0.3 is 4.90 Å². The van der Waals surface area contributed by atoms with Crippen molar-refractivity contribution >= 4 is 60.2 Å². The second kappa shape index (κ2) is 9.66. The smallest absolute Gasteiger partial charge is 0.0468 e. The van der Waals surface area contributed by atoms with E-state index in [0.717, 1.165) is 17.1 Å². The van der Waals surface area contributed by atoms with E-state index in [1.807, 2.05) is 0 Å². The molecule has 1 heteroatoms. The van der Waals surface area contributed by atoms with E-state index in [1.54, 1.807) is 0 Å². The summed E-state index contributed by atoms with van der Waals surface area (Å²) in [5, 5.41) is 10.2. The zero-order valence-corrected chi connectivity index (χ0v) is 22.5. The van der Waals surface area contributed by atoms with Crippen LogP contribution in [0.2, 0.25) is 0 Å². The van der Waals surface area contributed by atoms with Gasteiger partial charge in [0.2, 0.25) is 0 Å². The number of fused-ring (bicyclic) bond motifs is 6. The van der Waals surface area contributed by atoms with E-state index in [4.69, 9.17) is 0 Å². The maximum atomic E-state index is 2.35. The Morgan fingerprint density at radius 1 is 0.293 bits per heavy atom. The van der Waals surface area contributed by atoms with Crippen LogP contribution >= 0.6 is 0 Å². The maximum absolute atomic E-state index is 2.35. The highest BCUT2D eigenvalue weighted by molar-refractivity contribution is 6.17. The average Bonchev–Trinajstić information content (AvgIpc) is 3.05. The lowest BCUT2D eigenvalue weighted by Gasteiger charge is -2.26. The Kier molecular flexibility index (Phi) is 5.53. The molecule has 0 spiro atoms. The van der Waals surface area contributed by atoms with E-state index in [9.17, 15) is 0 Å². The Bertz CT molecular complexity index is 2190. The van der Waals surface area contributed by atoms with E-state index in [-0.39, 0.29) is 0 Å². The molecule has 0 saturated carbocycles. The van der Waals surface area contributed by atoms with Crippen LogP contribution in [0.5, 0.6) is 0 Å². The molecule has 8 aromatic rings. The first-order valence-electron chi connectivity index (χ1n) is 14.1. The van der Waals surface area contributed by atoms with Crippen molar-refractivity contribution in [2.45, 2.75) is 0 Å². The molecule has 1 nitrogen and oxygen atoms in total. The van der Waals surface area contributed by atoms with Crippen molar-refractivity contribution in [2.24, 2.45) is 0 Å². The molecule has 0 aromatic heterocycles. The fourth-order valence-corrected chi connectivity index (χ4v) is 6.24. The molecular weight excluding hydrogens is 494 g/mol. The normalized spacial score (nSPS) is 11.4. The van der Waals surface area contributed by atoms with Gasteiger partial charge in [-0.2, -0.15) is 0 Å². The van der Waals surface area contributed by atoms with Gasteiger partial charge >= 0.3 is 0 Å². The van der Waals surface area contributed by atoms with Crippen LogP contribution in [0.1, 0.15) is 0 Å². The summed E-state index contributed by atoms with van der Waals surface area (Å²) in [7, 11) is 0. The molecule has 0 amide bonds. The van der Waals surface area contributed by atoms with Gasteiger partial charge in [0.1, 0.15) is 0 Å². The summed E-state index contributed by atoms with van der Waals surface area (Å²) < 4.78 is 0. The molecule has 0 heterocycles. The Labute approximate surface area is 239 Å². The molecule has 0 fully saturated rings. The third-order valence-corrected chi connectivity index (χ3v) is 8.23. The van der Waals surface area contributed by atoms with Crippen LogP contribution in [0.3, 0.4) is 0 Å². The fourth-order valence-electron chi connectivity index (χ4n) is 6.24. The van der Waals surface area contributed by atoms with E-state index < -0.39 is 0 Å². The summed E-state index contributed by atoms with van der Waals surface area (Å²) >= 11 is 0. The predicted octanol–water partition coefficient (Wildman–Crippen LogP) is 11.4. The molecule has 0 aliphatic heterocycles. The maximum Gasteiger partial charge on any atom is 0.0468 e. The van der Waals surface area contributed by atoms with Gasteiger partial charge in [0.25, 0.3) is 0 Å². The van der Waals surface area contributed by atoms with Crippen LogP contribution < -0.4 is 4.90 Å². The summed E-state index contributed by atoms with van der Waals surface area (Å²) in [4.78, 5) is 2.35. The summed E-state index contributed by atoms with van der Waals surface area (Å²) in [5.74, 6) is 0. The number of hydrogen-bond donors (Lipinski definition) is 0. The Morgan fingerprint density at radius 2 is 0.829 bits per heavy atom. The lowest BCUT2D eigenvalue weighted by molar-refractivity contribution is 1.29. The molecule has 192 valence electrons. The van der Waals surface area contributed by atoms with E-state index in [0.29, 0.717) is 0 Å². The monoisotopic (exact) mass is 521 g/mol. The molecule has 0 atom stereocenters. The minimum Gasteiger partial charge on any atom is -0.310 e. The highest BCUT2D eigenvalue weighted by Crippen LogP contribution is 2.39. The number of benzene rings is 8. The molecular formula is C40H27N. The van der Waals surface area contributed by atoms with Crippen molar-refractivity contribution in [1.82, 2.24) is 0 Å². The van der Waals surface area contributed by atoms with Crippen LogP contribution in [0.15, 0.2) is 164 Å². The first kappa shape index (κ1) is 23.5. The van der Waals surface area contributed by atoms with Crippen LogP contribution in [0.25, 0.3) is 54.2 Å². The fraction of sp³-hybridized carbons (Fsp3) is 0. The van der Waals surface area contributed by atoms with E-state index in [1.165, 1.54) is 54.2 Å². The Morgan fingerprint density at radius 3 is 1.61 bits per heavy atom. The van der Waals surface area contributed by atoms with Crippen LogP contribution in [-0.4, -0.2) is 0 Å². The van der Waals surface area contributed by atoms with Crippen LogP contribution in [0, 0.1) is 0 Å². The summed E-state index contributed by atoms with van der Waals surface area (Å²) in [6.45, 7) is 0. The first-order valence-corrected chi connectivity index (χ1v) is 14.1.